The number of ether oxygens (including phenoxy) is 1. The Bertz CT molecular complexity index is 827. The van der Waals surface area contributed by atoms with Gasteiger partial charge in [0.15, 0.2) is 0 Å². The summed E-state index contributed by atoms with van der Waals surface area (Å²) < 4.78 is 42.8. The number of primary amides is 1. The van der Waals surface area contributed by atoms with Gasteiger partial charge in [-0.25, -0.2) is 4.98 Å². The minimum atomic E-state index is -4.62. The van der Waals surface area contributed by atoms with E-state index in [2.05, 4.69) is 4.98 Å². The Labute approximate surface area is 137 Å². The lowest BCUT2D eigenvalue weighted by Gasteiger charge is -2.10. The predicted octanol–water partition coefficient (Wildman–Crippen LogP) is 3.55. The molecule has 7 nitrogen and oxygen atoms in total. The molecule has 24 heavy (non-hydrogen) atoms. The number of carbonyl (C=O) groups excluding carboxylic acids is 1. The number of alkyl halides is 3. The second-order valence-corrected chi connectivity index (χ2v) is 4.82. The van der Waals surface area contributed by atoms with Gasteiger partial charge in [0.05, 0.1) is 10.5 Å². The molecule has 0 spiro atoms. The molecule has 126 valence electrons. The van der Waals surface area contributed by atoms with Crippen molar-refractivity contribution in [3.8, 4) is 11.6 Å². The van der Waals surface area contributed by atoms with Crippen molar-refractivity contribution in [1.29, 1.82) is 0 Å². The molecule has 0 radical (unpaired) electrons. The number of hydrogen-bond donors (Lipinski definition) is 1. The van der Waals surface area contributed by atoms with Crippen molar-refractivity contribution in [2.24, 2.45) is 5.73 Å². The van der Waals surface area contributed by atoms with Crippen molar-refractivity contribution in [3.63, 3.8) is 0 Å². The van der Waals surface area contributed by atoms with Crippen LogP contribution in [0.4, 0.5) is 18.9 Å². The first-order valence-corrected chi connectivity index (χ1v) is 6.46. The Hall–Kier alpha value is -2.88. The number of amides is 1. The van der Waals surface area contributed by atoms with Gasteiger partial charge in [0.1, 0.15) is 16.3 Å². The van der Waals surface area contributed by atoms with E-state index in [0.717, 1.165) is 18.2 Å². The highest BCUT2D eigenvalue weighted by atomic mass is 35.5. The largest absolute Gasteiger partial charge is 0.438 e. The number of nitrogens with zero attached hydrogens (tertiary/aromatic N) is 2. The molecule has 1 amide bonds. The summed E-state index contributed by atoms with van der Waals surface area (Å²) in [4.78, 5) is 24.7. The minimum Gasteiger partial charge on any atom is -0.438 e. The van der Waals surface area contributed by atoms with Crippen molar-refractivity contribution in [2.45, 2.75) is 6.18 Å². The van der Waals surface area contributed by atoms with Gasteiger partial charge in [0, 0.05) is 18.3 Å². The van der Waals surface area contributed by atoms with Gasteiger partial charge in [0.2, 0.25) is 5.88 Å². The number of carbonyl (C=O) groups is 1. The highest BCUT2D eigenvalue weighted by Gasteiger charge is 2.32. The molecular weight excluding hydrogens is 355 g/mol. The van der Waals surface area contributed by atoms with E-state index in [-0.39, 0.29) is 11.6 Å². The third kappa shape index (κ3) is 3.71. The summed E-state index contributed by atoms with van der Waals surface area (Å²) in [7, 11) is 0. The molecule has 11 heteroatoms. The highest BCUT2D eigenvalue weighted by molar-refractivity contribution is 6.31. The molecule has 2 rings (SSSR count). The van der Waals surface area contributed by atoms with Crippen molar-refractivity contribution in [1.82, 2.24) is 4.98 Å². The van der Waals surface area contributed by atoms with Gasteiger partial charge in [-0.15, -0.1) is 0 Å². The number of nitrogens with two attached hydrogens (primary N) is 1. The van der Waals surface area contributed by atoms with E-state index in [0.29, 0.717) is 12.3 Å². The first kappa shape index (κ1) is 17.5. The standard InChI is InChI=1S/C13H7ClF3N3O4/c14-9-3-6(13(15,16)17)5-19-12(9)24-7-1-2-10(20(22)23)8(4-7)11(18)21/h1-5H,(H2,18,21). The topological polar surface area (TPSA) is 108 Å². The Morgan fingerprint density at radius 2 is 2.00 bits per heavy atom. The second kappa shape index (κ2) is 6.32. The van der Waals surface area contributed by atoms with E-state index in [1.165, 1.54) is 0 Å². The second-order valence-electron chi connectivity index (χ2n) is 4.41. The lowest BCUT2D eigenvalue weighted by atomic mass is 10.1. The van der Waals surface area contributed by atoms with E-state index in [9.17, 15) is 28.1 Å². The highest BCUT2D eigenvalue weighted by Crippen LogP contribution is 2.35. The Balaban J connectivity index is 2.37. The monoisotopic (exact) mass is 361 g/mol. The summed E-state index contributed by atoms with van der Waals surface area (Å²) in [6.45, 7) is 0. The predicted molar refractivity (Wildman–Crippen MR) is 75.9 cm³/mol. The first-order valence-electron chi connectivity index (χ1n) is 6.08. The molecule has 2 N–H and O–H groups in total. The van der Waals surface area contributed by atoms with Crippen molar-refractivity contribution >= 4 is 23.2 Å². The Morgan fingerprint density at radius 1 is 1.33 bits per heavy atom. The third-order valence-corrected chi connectivity index (χ3v) is 3.05. The molecule has 1 heterocycles. The summed E-state index contributed by atoms with van der Waals surface area (Å²) in [6, 6.07) is 3.67. The molecule has 0 fully saturated rings. The fourth-order valence-corrected chi connectivity index (χ4v) is 1.91. The molecule has 1 aromatic heterocycles. The number of aromatic nitrogens is 1. The van der Waals surface area contributed by atoms with E-state index >= 15 is 0 Å². The van der Waals surface area contributed by atoms with Crippen LogP contribution in [0.15, 0.2) is 30.5 Å². The molecule has 1 aromatic carbocycles. The molecule has 2 aromatic rings. The van der Waals surface area contributed by atoms with Crippen LogP contribution in [0.25, 0.3) is 0 Å². The van der Waals surface area contributed by atoms with Crippen LogP contribution in [0.2, 0.25) is 5.02 Å². The third-order valence-electron chi connectivity index (χ3n) is 2.78. The normalized spacial score (nSPS) is 11.2. The van der Waals surface area contributed by atoms with E-state index in [1.54, 1.807) is 0 Å². The smallest absolute Gasteiger partial charge is 0.417 e. The average Bonchev–Trinajstić information content (AvgIpc) is 2.47. The zero-order valence-electron chi connectivity index (χ0n) is 11.5. The van der Waals surface area contributed by atoms with Gasteiger partial charge in [0.25, 0.3) is 11.6 Å². The summed E-state index contributed by atoms with van der Waals surface area (Å²) in [5.74, 6) is -1.55. The van der Waals surface area contributed by atoms with Crippen LogP contribution >= 0.6 is 11.6 Å². The van der Waals surface area contributed by atoms with Crippen LogP contribution in [0, 0.1) is 10.1 Å². The fraction of sp³-hybridized carbons (Fsp3) is 0.0769. The molecule has 0 unspecified atom stereocenters. The number of rotatable bonds is 4. The average molecular weight is 362 g/mol. The Kier molecular flexibility index (Phi) is 4.60. The van der Waals surface area contributed by atoms with Gasteiger partial charge in [-0.3, -0.25) is 14.9 Å². The molecule has 0 saturated carbocycles. The van der Waals surface area contributed by atoms with E-state index < -0.39 is 38.8 Å². The molecule has 0 aliphatic carbocycles. The van der Waals surface area contributed by atoms with Crippen LogP contribution < -0.4 is 10.5 Å². The minimum absolute atomic E-state index is 0.108. The lowest BCUT2D eigenvalue weighted by molar-refractivity contribution is -0.385. The van der Waals surface area contributed by atoms with Crippen molar-refractivity contribution in [2.75, 3.05) is 0 Å². The molecule has 0 bridgehead atoms. The summed E-state index contributed by atoms with van der Waals surface area (Å²) in [5, 5.41) is 10.4. The number of halogens is 4. The molecule has 0 aliphatic heterocycles. The molecule has 0 atom stereocenters. The zero-order valence-corrected chi connectivity index (χ0v) is 12.3. The number of nitro benzene ring substituents is 1. The van der Waals surface area contributed by atoms with Crippen LogP contribution in [-0.2, 0) is 6.18 Å². The van der Waals surface area contributed by atoms with Crippen LogP contribution in [0.3, 0.4) is 0 Å². The van der Waals surface area contributed by atoms with Crippen LogP contribution in [-0.4, -0.2) is 15.8 Å². The first-order chi connectivity index (χ1) is 11.1. The molecular formula is C13H7ClF3N3O4. The summed E-state index contributed by atoms with van der Waals surface area (Å²) in [6.07, 6.45) is -4.11. The van der Waals surface area contributed by atoms with Gasteiger partial charge in [-0.05, 0) is 12.1 Å². The summed E-state index contributed by atoms with van der Waals surface area (Å²) >= 11 is 5.68. The van der Waals surface area contributed by atoms with Gasteiger partial charge < -0.3 is 10.5 Å². The lowest BCUT2D eigenvalue weighted by Crippen LogP contribution is -2.13. The number of pyridine rings is 1. The maximum atomic E-state index is 12.5. The van der Waals surface area contributed by atoms with Crippen LogP contribution in [0.1, 0.15) is 15.9 Å². The van der Waals surface area contributed by atoms with E-state index in [1.807, 2.05) is 0 Å². The van der Waals surface area contributed by atoms with Crippen LogP contribution in [0.5, 0.6) is 11.6 Å². The van der Waals surface area contributed by atoms with Crippen molar-refractivity contribution < 1.29 is 27.6 Å². The maximum Gasteiger partial charge on any atom is 0.417 e. The number of hydrogen-bond acceptors (Lipinski definition) is 5. The van der Waals surface area contributed by atoms with Gasteiger partial charge in [-0.1, -0.05) is 11.6 Å². The quantitative estimate of drug-likeness (QED) is 0.661. The maximum absolute atomic E-state index is 12.5. The molecule has 0 saturated heterocycles. The Morgan fingerprint density at radius 3 is 2.50 bits per heavy atom. The number of benzene rings is 1. The van der Waals surface area contributed by atoms with Gasteiger partial charge >= 0.3 is 6.18 Å². The zero-order chi connectivity index (χ0) is 18.1. The fourth-order valence-electron chi connectivity index (χ4n) is 1.70. The number of nitro groups is 1. The van der Waals surface area contributed by atoms with Gasteiger partial charge in [-0.2, -0.15) is 13.2 Å². The van der Waals surface area contributed by atoms with E-state index in [4.69, 9.17) is 22.1 Å². The molecule has 0 aliphatic rings. The van der Waals surface area contributed by atoms with Crippen molar-refractivity contribution in [3.05, 3.63) is 56.7 Å². The summed E-state index contributed by atoms with van der Waals surface area (Å²) in [5.41, 5.74) is 3.01. The SMILES string of the molecule is NC(=O)c1cc(Oc2ncc(C(F)(F)F)cc2Cl)ccc1[N+](=O)[O-].